The predicted octanol–water partition coefficient (Wildman–Crippen LogP) is 8.10. The molecule has 1 amide bonds. The minimum Gasteiger partial charge on any atom is -0.479 e. The number of carboxylic acids is 1. The van der Waals surface area contributed by atoms with Crippen LogP contribution in [0.1, 0.15) is 92.7 Å². The molecule has 0 radical (unpaired) electrons. The smallest absolute Gasteiger partial charge is 0.408 e. The Balaban J connectivity index is 0. The van der Waals surface area contributed by atoms with Gasteiger partial charge in [0.25, 0.3) is 0 Å². The molecule has 1 saturated heterocycles. The highest BCUT2D eigenvalue weighted by atomic mass is 79.9. The number of carboxylic acid groups (broad SMARTS) is 1. The van der Waals surface area contributed by atoms with E-state index in [1.54, 1.807) is 20.8 Å². The Morgan fingerprint density at radius 1 is 1.17 bits per heavy atom. The molecule has 7 nitrogen and oxygen atoms in total. The van der Waals surface area contributed by atoms with E-state index in [4.69, 9.17) is 9.84 Å². The number of carbonyl (C=O) groups excluding carboxylic acids is 2. The number of rotatable bonds is 9. The third-order valence-corrected chi connectivity index (χ3v) is 5.91. The van der Waals surface area contributed by atoms with Gasteiger partial charge in [0.05, 0.1) is 6.54 Å². The molecule has 2 N–H and O–H groups in total. The second-order valence-corrected chi connectivity index (χ2v) is 10.1. The van der Waals surface area contributed by atoms with E-state index >= 15 is 0 Å². The fourth-order valence-electron chi connectivity index (χ4n) is 3.84. The van der Waals surface area contributed by atoms with Crippen LogP contribution in [0.25, 0.3) is 0 Å². The minimum atomic E-state index is -1.36. The lowest BCUT2D eigenvalue weighted by Crippen LogP contribution is -2.38. The van der Waals surface area contributed by atoms with Crippen LogP contribution in [0, 0.1) is 11.7 Å². The number of halogens is 2. The van der Waals surface area contributed by atoms with Crippen LogP contribution >= 0.6 is 15.9 Å². The first-order valence-electron chi connectivity index (χ1n) is 14.3. The summed E-state index contributed by atoms with van der Waals surface area (Å²) in [7, 11) is 0. The predicted molar refractivity (Wildman–Crippen MR) is 170 cm³/mol. The average molecular weight is 644 g/mol. The first-order chi connectivity index (χ1) is 19.4. The van der Waals surface area contributed by atoms with Gasteiger partial charge in [-0.3, -0.25) is 9.69 Å². The van der Waals surface area contributed by atoms with Gasteiger partial charge in [-0.2, -0.15) is 0 Å². The van der Waals surface area contributed by atoms with Crippen molar-refractivity contribution in [3.63, 3.8) is 0 Å². The van der Waals surface area contributed by atoms with Crippen molar-refractivity contribution in [3.8, 4) is 0 Å². The van der Waals surface area contributed by atoms with Crippen LogP contribution in [-0.4, -0.2) is 58.9 Å². The molecule has 9 heteroatoms. The minimum absolute atomic E-state index is 0.137. The lowest BCUT2D eigenvalue weighted by atomic mass is 9.94. The maximum absolute atomic E-state index is 13.1. The van der Waals surface area contributed by atoms with Gasteiger partial charge < -0.3 is 15.2 Å². The van der Waals surface area contributed by atoms with E-state index in [0.29, 0.717) is 6.54 Å². The highest BCUT2D eigenvalue weighted by molar-refractivity contribution is 9.08. The zero-order chi connectivity index (χ0) is 32.0. The van der Waals surface area contributed by atoms with Gasteiger partial charge in [0.2, 0.25) is 0 Å². The quantitative estimate of drug-likeness (QED) is 0.160. The van der Waals surface area contributed by atoms with E-state index in [-0.39, 0.29) is 11.3 Å². The Labute approximate surface area is 255 Å². The molecule has 0 spiro atoms. The lowest BCUT2D eigenvalue weighted by Gasteiger charge is -2.30. The largest absolute Gasteiger partial charge is 0.479 e. The number of alkyl carbamates (subject to hydrolysis) is 1. The van der Waals surface area contributed by atoms with Crippen LogP contribution in [0.3, 0.4) is 0 Å². The topological polar surface area (TPSA) is 95.9 Å². The van der Waals surface area contributed by atoms with Crippen LogP contribution in [0.5, 0.6) is 0 Å². The third kappa shape index (κ3) is 18.5. The summed E-state index contributed by atoms with van der Waals surface area (Å²) in [5.74, 6) is 1.08. The van der Waals surface area contributed by atoms with Crippen molar-refractivity contribution in [2.24, 2.45) is 5.92 Å². The molecule has 1 fully saturated rings. The van der Waals surface area contributed by atoms with Gasteiger partial charge in [0.1, 0.15) is 11.4 Å². The number of ketones is 1. The summed E-state index contributed by atoms with van der Waals surface area (Å²) in [5.41, 5.74) is 0.252. The number of aliphatic carboxylic acids is 1. The number of benzene rings is 1. The Morgan fingerprint density at radius 3 is 2.20 bits per heavy atom. The highest BCUT2D eigenvalue weighted by Gasteiger charge is 2.25. The molecular formula is C32H52BrFN2O5. The lowest BCUT2D eigenvalue weighted by molar-refractivity contribution is -0.139. The number of hydrogen-bond donors (Lipinski definition) is 2. The first kappa shape index (κ1) is 40.6. The summed E-state index contributed by atoms with van der Waals surface area (Å²) in [4.78, 5) is 37.1. The summed E-state index contributed by atoms with van der Waals surface area (Å²) in [5, 5.41) is 11.3. The molecule has 1 heterocycles. The molecular weight excluding hydrogens is 591 g/mol. The van der Waals surface area contributed by atoms with Crippen molar-refractivity contribution < 1.29 is 28.6 Å². The number of likely N-dealkylation sites (tertiary alicyclic amines) is 1. The number of ether oxygens (including phenoxy) is 1. The molecule has 2 rings (SSSR count). The van der Waals surface area contributed by atoms with E-state index in [0.717, 1.165) is 37.1 Å². The van der Waals surface area contributed by atoms with Gasteiger partial charge in [0.15, 0.2) is 11.8 Å². The van der Waals surface area contributed by atoms with E-state index < -0.39 is 29.5 Å². The van der Waals surface area contributed by atoms with Crippen LogP contribution in [0.4, 0.5) is 9.18 Å². The van der Waals surface area contributed by atoms with Gasteiger partial charge in [-0.05, 0) is 89.5 Å². The maximum Gasteiger partial charge on any atom is 0.408 e. The standard InChI is InChI=1S/C16H27NO.C13H16FNO4.C2H6.CH3Br/c1-4-7-8-15(6-3)16(18)13-17-11-9-14(5-2)10-12-17;1-13(2,3)19-12(18)15-10(11(16)17)8-5-4-6-9(14)7-8;2*1-2/h6-8,14H,4-5,9-13H2,1-3H3;4-7,10H,1-3H3,(H,15,18)(H,16,17);1-2H3;1H3/b8-7-,15-6+;;;. The summed E-state index contributed by atoms with van der Waals surface area (Å²) < 4.78 is 18.0. The highest BCUT2D eigenvalue weighted by Crippen LogP contribution is 2.20. The monoisotopic (exact) mass is 642 g/mol. The Bertz CT molecular complexity index is 952. The van der Waals surface area contributed by atoms with Crippen molar-refractivity contribution >= 4 is 33.8 Å². The fraction of sp³-hybridized carbons (Fsp3) is 0.594. The van der Waals surface area contributed by atoms with Crippen LogP contribution < -0.4 is 5.32 Å². The van der Waals surface area contributed by atoms with E-state index in [9.17, 15) is 18.8 Å². The average Bonchev–Trinajstić information content (AvgIpc) is 2.94. The maximum atomic E-state index is 13.1. The van der Waals surface area contributed by atoms with E-state index in [2.05, 4.69) is 46.1 Å². The normalized spacial score (nSPS) is 14.8. The first-order valence-corrected chi connectivity index (χ1v) is 15.9. The van der Waals surface area contributed by atoms with Crippen molar-refractivity contribution in [1.29, 1.82) is 0 Å². The molecule has 0 aromatic heterocycles. The van der Waals surface area contributed by atoms with Gasteiger partial charge in [-0.1, -0.05) is 80.4 Å². The number of nitrogens with zero attached hydrogens (tertiary/aromatic N) is 1. The summed E-state index contributed by atoms with van der Waals surface area (Å²) in [6.07, 6.45) is 9.82. The van der Waals surface area contributed by atoms with Crippen molar-refractivity contribution in [1.82, 2.24) is 10.2 Å². The second-order valence-electron chi connectivity index (χ2n) is 10.1. The Morgan fingerprint density at radius 2 is 1.76 bits per heavy atom. The molecule has 1 aliphatic heterocycles. The molecule has 0 bridgehead atoms. The van der Waals surface area contributed by atoms with E-state index in [1.165, 1.54) is 37.5 Å². The number of allylic oxidation sites excluding steroid dienone is 3. The number of nitrogens with one attached hydrogen (secondary N) is 1. The van der Waals surface area contributed by atoms with Gasteiger partial charge in [-0.25, -0.2) is 14.0 Å². The molecule has 1 aliphatic rings. The number of alkyl halides is 1. The third-order valence-electron chi connectivity index (χ3n) is 5.91. The Hall–Kier alpha value is -2.52. The van der Waals surface area contributed by atoms with E-state index in [1.807, 2.05) is 38.8 Å². The molecule has 0 aliphatic carbocycles. The van der Waals surface area contributed by atoms with Crippen LogP contribution in [0.15, 0.2) is 48.1 Å². The number of hydrogen-bond acceptors (Lipinski definition) is 5. The molecule has 1 aromatic carbocycles. The Kier molecular flexibility index (Phi) is 22.9. The van der Waals surface area contributed by atoms with Crippen molar-refractivity contribution in [3.05, 3.63) is 59.4 Å². The van der Waals surface area contributed by atoms with Crippen molar-refractivity contribution in [2.75, 3.05) is 25.5 Å². The van der Waals surface area contributed by atoms with Crippen molar-refractivity contribution in [2.45, 2.75) is 92.7 Å². The van der Waals surface area contributed by atoms with Crippen LogP contribution in [-0.2, 0) is 14.3 Å². The fourth-order valence-corrected chi connectivity index (χ4v) is 3.84. The number of piperidine rings is 1. The number of amides is 1. The molecule has 41 heavy (non-hydrogen) atoms. The summed E-state index contributed by atoms with van der Waals surface area (Å²) in [6.45, 7) is 18.0. The summed E-state index contributed by atoms with van der Waals surface area (Å²) >= 11 is 2.94. The summed E-state index contributed by atoms with van der Waals surface area (Å²) in [6, 6.07) is 3.67. The van der Waals surface area contributed by atoms with Gasteiger partial charge in [0, 0.05) is 5.57 Å². The van der Waals surface area contributed by atoms with Gasteiger partial charge in [-0.15, -0.1) is 0 Å². The zero-order valence-corrected chi connectivity index (χ0v) is 28.0. The molecule has 1 unspecified atom stereocenters. The molecule has 0 saturated carbocycles. The molecule has 234 valence electrons. The molecule has 1 atom stereocenters. The second kappa shape index (κ2) is 23.1. The van der Waals surface area contributed by atoms with Crippen LogP contribution in [0.2, 0.25) is 0 Å². The zero-order valence-electron chi connectivity index (χ0n) is 26.4. The number of Topliss-reactive ketones (excluding diaryl/α,β-unsaturated/α-hetero) is 1. The van der Waals surface area contributed by atoms with Gasteiger partial charge >= 0.3 is 12.1 Å². The molecule has 1 aromatic rings. The SMILES string of the molecule is C/C=C(\C=C/CC)C(=O)CN1CCC(CC)CC1.CBr.CC.CC(C)(C)OC(=O)NC(C(=O)O)c1cccc(F)c1. The number of carbonyl (C=O) groups is 3.